The summed E-state index contributed by atoms with van der Waals surface area (Å²) < 4.78 is 22.9. The highest BCUT2D eigenvalue weighted by atomic mass is 31.2. The van der Waals surface area contributed by atoms with Gasteiger partial charge in [-0.2, -0.15) is 0 Å². The van der Waals surface area contributed by atoms with Gasteiger partial charge in [-0.1, -0.05) is 171 Å². The summed E-state index contributed by atoms with van der Waals surface area (Å²) in [6, 6.07) is -1.27. The van der Waals surface area contributed by atoms with Gasteiger partial charge in [-0.25, -0.2) is 4.57 Å². The Morgan fingerprint density at radius 3 is 1.50 bits per heavy atom. The van der Waals surface area contributed by atoms with E-state index in [2.05, 4.69) is 67.8 Å². The lowest BCUT2D eigenvalue weighted by Gasteiger charge is -2.41. The second kappa shape index (κ2) is 39.0. The van der Waals surface area contributed by atoms with E-state index in [-0.39, 0.29) is 6.42 Å². The van der Waals surface area contributed by atoms with Crippen LogP contribution in [0.2, 0.25) is 0 Å². The minimum Gasteiger partial charge on any atom is -0.393 e. The summed E-state index contributed by atoms with van der Waals surface area (Å²) in [7, 11) is -5.16. The second-order valence-electron chi connectivity index (χ2n) is 17.5. The van der Waals surface area contributed by atoms with Crippen molar-refractivity contribution in [1.82, 2.24) is 5.32 Å². The number of nitrogens with one attached hydrogen (secondary N) is 1. The molecule has 1 aliphatic carbocycles. The van der Waals surface area contributed by atoms with E-state index in [0.29, 0.717) is 19.3 Å². The first-order valence-electron chi connectivity index (χ1n) is 24.8. The highest BCUT2D eigenvalue weighted by Gasteiger charge is 2.51. The van der Waals surface area contributed by atoms with E-state index in [1.165, 1.54) is 96.0 Å². The van der Waals surface area contributed by atoms with Crippen molar-refractivity contribution in [3.63, 3.8) is 0 Å². The second-order valence-corrected chi connectivity index (χ2v) is 18.9. The standard InChI is InChI=1S/C50H90NO12P/c1-3-5-7-9-11-13-15-17-19-21-23-25-27-29-31-33-35-37-41(52)39-44(54)51-42(40-62-64(60,61)63-50-48(58)46(56)45(55)47(57)49(50)59)43(53)38-36-34-32-30-28-26-24-22-20-18-16-14-12-10-8-6-4-2/h11,13,15,17,20,22,28,30,36,38,41-43,45-50,52-53,55-59H,3-10,12,14,16,18-19,21,23-27,29,31-35,37,39-40H2,1-2H3,(H,51,54)(H,60,61)/b13-11-,17-15-,22-20+,30-28+,38-36+. The van der Waals surface area contributed by atoms with Crippen LogP contribution in [0.3, 0.4) is 0 Å². The molecule has 14 heteroatoms. The predicted octanol–water partition coefficient (Wildman–Crippen LogP) is 8.87. The third-order valence-corrected chi connectivity index (χ3v) is 12.6. The van der Waals surface area contributed by atoms with Crippen LogP contribution in [0.5, 0.6) is 0 Å². The molecule has 64 heavy (non-hydrogen) atoms. The number of phosphoric acid groups is 1. The monoisotopic (exact) mass is 928 g/mol. The molecule has 1 fully saturated rings. The van der Waals surface area contributed by atoms with Crippen LogP contribution in [-0.4, -0.2) is 108 Å². The van der Waals surface area contributed by atoms with Gasteiger partial charge in [-0.05, 0) is 70.6 Å². The van der Waals surface area contributed by atoms with E-state index < -0.39 is 75.2 Å². The topological polar surface area (TPSA) is 226 Å². The molecule has 0 radical (unpaired) electrons. The molecule has 1 rings (SSSR count). The lowest BCUT2D eigenvalue weighted by atomic mass is 9.85. The summed E-state index contributed by atoms with van der Waals surface area (Å²) in [5.74, 6) is -0.613. The van der Waals surface area contributed by atoms with Crippen molar-refractivity contribution in [2.75, 3.05) is 6.61 Å². The molecule has 1 saturated carbocycles. The Kier molecular flexibility index (Phi) is 36.6. The highest BCUT2D eigenvalue weighted by Crippen LogP contribution is 2.47. The molecule has 0 heterocycles. The first-order chi connectivity index (χ1) is 30.8. The number of allylic oxidation sites excluding steroid dienone is 9. The summed E-state index contributed by atoms with van der Waals surface area (Å²) in [5.41, 5.74) is 0. The van der Waals surface area contributed by atoms with Gasteiger partial charge in [0.15, 0.2) is 0 Å². The maximum absolute atomic E-state index is 13.0. The summed E-state index contributed by atoms with van der Waals surface area (Å²) in [4.78, 5) is 23.5. The summed E-state index contributed by atoms with van der Waals surface area (Å²) >= 11 is 0. The van der Waals surface area contributed by atoms with Crippen LogP contribution in [-0.2, 0) is 18.4 Å². The Hall–Kier alpha value is -2.00. The molecule has 8 unspecified atom stereocenters. The van der Waals surface area contributed by atoms with E-state index in [9.17, 15) is 50.0 Å². The molecule has 0 spiro atoms. The molecule has 0 aromatic carbocycles. The van der Waals surface area contributed by atoms with Gasteiger partial charge >= 0.3 is 7.82 Å². The van der Waals surface area contributed by atoms with Crippen LogP contribution in [0, 0.1) is 0 Å². The number of amides is 1. The van der Waals surface area contributed by atoms with E-state index in [1.54, 1.807) is 6.08 Å². The smallest absolute Gasteiger partial charge is 0.393 e. The van der Waals surface area contributed by atoms with E-state index in [4.69, 9.17) is 9.05 Å². The fraction of sp³-hybridized carbons (Fsp3) is 0.780. The third kappa shape index (κ3) is 30.3. The average molecular weight is 928 g/mol. The Balaban J connectivity index is 2.56. The number of carbonyl (C=O) groups is 1. The molecular formula is C50H90NO12P. The molecule has 0 aromatic heterocycles. The third-order valence-electron chi connectivity index (χ3n) is 11.6. The number of phosphoric ester groups is 1. The molecule has 372 valence electrons. The maximum Gasteiger partial charge on any atom is 0.472 e. The fourth-order valence-corrected chi connectivity index (χ4v) is 8.46. The van der Waals surface area contributed by atoms with Crippen molar-refractivity contribution < 1.29 is 59.0 Å². The number of rotatable bonds is 40. The molecule has 9 N–H and O–H groups in total. The molecule has 8 atom stereocenters. The van der Waals surface area contributed by atoms with Gasteiger partial charge in [-0.3, -0.25) is 13.8 Å². The average Bonchev–Trinajstić information content (AvgIpc) is 3.27. The van der Waals surface area contributed by atoms with Crippen molar-refractivity contribution in [3.8, 4) is 0 Å². The number of hydrogen-bond acceptors (Lipinski definition) is 11. The van der Waals surface area contributed by atoms with Crippen LogP contribution in [0.25, 0.3) is 0 Å². The fourth-order valence-electron chi connectivity index (χ4n) is 7.50. The number of hydrogen-bond donors (Lipinski definition) is 9. The zero-order chi connectivity index (χ0) is 47.3. The first-order valence-corrected chi connectivity index (χ1v) is 26.3. The van der Waals surface area contributed by atoms with Crippen molar-refractivity contribution in [3.05, 3.63) is 60.8 Å². The van der Waals surface area contributed by atoms with Gasteiger partial charge in [0.25, 0.3) is 0 Å². The van der Waals surface area contributed by atoms with Crippen LogP contribution in [0.1, 0.15) is 187 Å². The predicted molar refractivity (Wildman–Crippen MR) is 256 cm³/mol. The van der Waals surface area contributed by atoms with Crippen LogP contribution in [0.4, 0.5) is 0 Å². The summed E-state index contributed by atoms with van der Waals surface area (Å²) in [6.07, 6.45) is 34.4. The largest absolute Gasteiger partial charge is 0.472 e. The molecule has 0 saturated heterocycles. The summed E-state index contributed by atoms with van der Waals surface area (Å²) in [5, 5.41) is 74.6. The number of carbonyl (C=O) groups excluding carboxylic acids is 1. The molecule has 13 nitrogen and oxygen atoms in total. The van der Waals surface area contributed by atoms with Crippen LogP contribution < -0.4 is 5.32 Å². The maximum atomic E-state index is 13.0. The van der Waals surface area contributed by atoms with Crippen LogP contribution >= 0.6 is 7.82 Å². The van der Waals surface area contributed by atoms with Gasteiger partial charge in [0.2, 0.25) is 5.91 Å². The quantitative estimate of drug-likeness (QED) is 0.0122. The van der Waals surface area contributed by atoms with Gasteiger partial charge in [-0.15, -0.1) is 0 Å². The van der Waals surface area contributed by atoms with Crippen molar-refractivity contribution in [2.24, 2.45) is 0 Å². The lowest BCUT2D eigenvalue weighted by molar-refractivity contribution is -0.220. The Morgan fingerprint density at radius 1 is 0.562 bits per heavy atom. The molecule has 0 bridgehead atoms. The zero-order valence-electron chi connectivity index (χ0n) is 39.4. The van der Waals surface area contributed by atoms with Crippen molar-refractivity contribution >= 4 is 13.7 Å². The first kappa shape index (κ1) is 60.0. The van der Waals surface area contributed by atoms with E-state index in [0.717, 1.165) is 57.8 Å². The van der Waals surface area contributed by atoms with Gasteiger partial charge in [0.1, 0.15) is 36.6 Å². The minimum absolute atomic E-state index is 0.263. The molecule has 1 amide bonds. The van der Waals surface area contributed by atoms with Crippen molar-refractivity contribution in [1.29, 1.82) is 0 Å². The normalized spacial score (nSPS) is 23.2. The highest BCUT2D eigenvalue weighted by molar-refractivity contribution is 7.47. The van der Waals surface area contributed by atoms with E-state index >= 15 is 0 Å². The molecule has 1 aliphatic rings. The Labute approximate surface area is 386 Å². The number of unbranched alkanes of at least 4 members (excludes halogenated alkanes) is 20. The molecule has 0 aromatic rings. The SMILES string of the molecule is CCCCC/C=C\C=C/CCCCCCCCCCC(O)CC(=O)NC(COP(=O)(O)OC1C(O)C(O)C(O)C(O)C1O)C(O)/C=C/CC/C=C/CC/C=C/CCCCCCCCC. The number of aliphatic hydroxyl groups excluding tert-OH is 7. The van der Waals surface area contributed by atoms with Crippen molar-refractivity contribution in [2.45, 2.75) is 242 Å². The van der Waals surface area contributed by atoms with E-state index in [1.807, 2.05) is 0 Å². The van der Waals surface area contributed by atoms with Gasteiger partial charge < -0.3 is 46.0 Å². The molecule has 0 aliphatic heterocycles. The zero-order valence-corrected chi connectivity index (χ0v) is 40.3. The Morgan fingerprint density at radius 2 is 0.969 bits per heavy atom. The van der Waals surface area contributed by atoms with Gasteiger partial charge in [0.05, 0.1) is 31.3 Å². The Bertz CT molecular complexity index is 1330. The van der Waals surface area contributed by atoms with Crippen LogP contribution in [0.15, 0.2) is 60.8 Å². The molecular weight excluding hydrogens is 838 g/mol. The van der Waals surface area contributed by atoms with Gasteiger partial charge in [0, 0.05) is 0 Å². The minimum atomic E-state index is -5.16. The lowest BCUT2D eigenvalue weighted by Crippen LogP contribution is -2.64. The number of aliphatic hydroxyl groups is 7. The summed E-state index contributed by atoms with van der Waals surface area (Å²) in [6.45, 7) is 3.69.